The Hall–Kier alpha value is -2.11. The fourth-order valence-corrected chi connectivity index (χ4v) is 1.33. The van der Waals surface area contributed by atoms with Crippen LogP contribution in [0.4, 0.5) is 4.39 Å². The summed E-state index contributed by atoms with van der Waals surface area (Å²) >= 11 is 0. The van der Waals surface area contributed by atoms with E-state index in [1.807, 2.05) is 19.1 Å². The van der Waals surface area contributed by atoms with Crippen molar-refractivity contribution >= 4 is 11.9 Å². The molecule has 5 nitrogen and oxygen atoms in total. The monoisotopic (exact) mass is 269 g/mol. The predicted octanol–water partition coefficient (Wildman–Crippen LogP) is 1.30. The average Bonchev–Trinajstić information content (AvgIpc) is 2.37. The molecule has 0 saturated carbocycles. The smallest absolute Gasteiger partial charge is 0.328 e. The highest BCUT2D eigenvalue weighted by molar-refractivity contribution is 5.86. The molecular weight excluding hydrogens is 253 g/mol. The molecule has 1 rings (SSSR count). The van der Waals surface area contributed by atoms with Gasteiger partial charge in [0.2, 0.25) is 0 Å². The van der Waals surface area contributed by atoms with Gasteiger partial charge in [-0.3, -0.25) is 4.79 Å². The summed E-state index contributed by atoms with van der Waals surface area (Å²) in [5.41, 5.74) is 1.05. The van der Waals surface area contributed by atoms with Crippen LogP contribution in [0.5, 0.6) is 5.75 Å². The van der Waals surface area contributed by atoms with Crippen molar-refractivity contribution in [1.29, 1.82) is 0 Å². The van der Waals surface area contributed by atoms with Crippen LogP contribution in [-0.4, -0.2) is 35.8 Å². The summed E-state index contributed by atoms with van der Waals surface area (Å²) < 4.78 is 17.7. The van der Waals surface area contributed by atoms with E-state index < -0.39 is 30.7 Å². The number of aryl methyl sites for hydroxylation is 1. The second-order valence-corrected chi connectivity index (χ2v) is 4.13. The summed E-state index contributed by atoms with van der Waals surface area (Å²) in [5.74, 6) is -1.61. The van der Waals surface area contributed by atoms with E-state index in [1.165, 1.54) is 6.92 Å². The molecule has 19 heavy (non-hydrogen) atoms. The molecule has 0 aliphatic rings. The van der Waals surface area contributed by atoms with Gasteiger partial charge < -0.3 is 15.2 Å². The Morgan fingerprint density at radius 3 is 2.42 bits per heavy atom. The van der Waals surface area contributed by atoms with Crippen molar-refractivity contribution < 1.29 is 23.8 Å². The maximum absolute atomic E-state index is 12.4. The second-order valence-electron chi connectivity index (χ2n) is 4.13. The van der Waals surface area contributed by atoms with E-state index in [9.17, 15) is 14.0 Å². The first-order valence-electron chi connectivity index (χ1n) is 5.76. The lowest BCUT2D eigenvalue weighted by molar-refractivity contribution is -0.143. The van der Waals surface area contributed by atoms with Crippen molar-refractivity contribution in [1.82, 2.24) is 5.32 Å². The first kappa shape index (κ1) is 14.9. The summed E-state index contributed by atoms with van der Waals surface area (Å²) in [6.45, 7) is 2.21. The number of benzene rings is 1. The van der Waals surface area contributed by atoms with Crippen molar-refractivity contribution in [3.8, 4) is 5.75 Å². The number of rotatable bonds is 6. The number of alkyl halides is 1. The third-order valence-electron chi connectivity index (χ3n) is 2.47. The molecule has 0 radical (unpaired) electrons. The Balaban J connectivity index is 2.57. The van der Waals surface area contributed by atoms with Crippen LogP contribution in [0.3, 0.4) is 0 Å². The van der Waals surface area contributed by atoms with Gasteiger partial charge in [-0.25, -0.2) is 9.18 Å². The van der Waals surface area contributed by atoms with Crippen molar-refractivity contribution in [3.63, 3.8) is 0 Å². The van der Waals surface area contributed by atoms with Crippen LogP contribution < -0.4 is 10.1 Å². The third kappa shape index (κ3) is 4.57. The predicted molar refractivity (Wildman–Crippen MR) is 66.8 cm³/mol. The molecule has 1 aromatic rings. The third-order valence-corrected chi connectivity index (χ3v) is 2.47. The highest BCUT2D eigenvalue weighted by atomic mass is 19.1. The van der Waals surface area contributed by atoms with Gasteiger partial charge in [0.1, 0.15) is 12.4 Å². The van der Waals surface area contributed by atoms with Crippen LogP contribution in [0.15, 0.2) is 24.3 Å². The van der Waals surface area contributed by atoms with E-state index in [0.717, 1.165) is 5.56 Å². The molecule has 6 heteroatoms. The van der Waals surface area contributed by atoms with Crippen LogP contribution in [0.25, 0.3) is 0 Å². The van der Waals surface area contributed by atoms with Crippen molar-refractivity contribution in [2.75, 3.05) is 6.67 Å². The molecule has 0 saturated heterocycles. The Morgan fingerprint density at radius 1 is 1.37 bits per heavy atom. The number of carboxylic acid groups (broad SMARTS) is 1. The SMILES string of the molecule is Cc1ccc(OC(C)C(=O)NC(CF)C(=O)O)cc1. The fourth-order valence-electron chi connectivity index (χ4n) is 1.33. The maximum Gasteiger partial charge on any atom is 0.328 e. The topological polar surface area (TPSA) is 75.6 Å². The lowest BCUT2D eigenvalue weighted by atomic mass is 10.2. The van der Waals surface area contributed by atoms with E-state index in [4.69, 9.17) is 9.84 Å². The zero-order valence-electron chi connectivity index (χ0n) is 10.7. The number of ether oxygens (including phenoxy) is 1. The molecule has 2 unspecified atom stereocenters. The number of carbonyl (C=O) groups is 2. The van der Waals surface area contributed by atoms with E-state index >= 15 is 0 Å². The standard InChI is InChI=1S/C13H16FNO4/c1-8-3-5-10(6-4-8)19-9(2)12(16)15-11(7-14)13(17)18/h3-6,9,11H,7H2,1-2H3,(H,15,16)(H,17,18). The first-order chi connectivity index (χ1) is 8.93. The summed E-state index contributed by atoms with van der Waals surface area (Å²) in [4.78, 5) is 22.2. The number of halogens is 1. The molecule has 0 spiro atoms. The lowest BCUT2D eigenvalue weighted by Gasteiger charge is -2.17. The number of aliphatic carboxylic acids is 1. The highest BCUT2D eigenvalue weighted by Crippen LogP contribution is 2.13. The number of carbonyl (C=O) groups excluding carboxylic acids is 1. The number of amides is 1. The second kappa shape index (κ2) is 6.72. The van der Waals surface area contributed by atoms with E-state index in [0.29, 0.717) is 5.75 Å². The quantitative estimate of drug-likeness (QED) is 0.816. The lowest BCUT2D eigenvalue weighted by Crippen LogP contribution is -2.47. The first-order valence-corrected chi connectivity index (χ1v) is 5.76. The van der Waals surface area contributed by atoms with Gasteiger partial charge in [0.25, 0.3) is 5.91 Å². The normalized spacial score (nSPS) is 13.4. The highest BCUT2D eigenvalue weighted by Gasteiger charge is 2.23. The van der Waals surface area contributed by atoms with Crippen LogP contribution >= 0.6 is 0 Å². The molecule has 0 bridgehead atoms. The molecule has 2 N–H and O–H groups in total. The number of hydrogen-bond donors (Lipinski definition) is 2. The van der Waals surface area contributed by atoms with Gasteiger partial charge in [-0.15, -0.1) is 0 Å². The van der Waals surface area contributed by atoms with Gasteiger partial charge in [-0.2, -0.15) is 0 Å². The Kier molecular flexibility index (Phi) is 5.29. The van der Waals surface area contributed by atoms with Gasteiger partial charge in [0.15, 0.2) is 12.1 Å². The Bertz CT molecular complexity index is 446. The Morgan fingerprint density at radius 2 is 1.95 bits per heavy atom. The van der Waals surface area contributed by atoms with Crippen LogP contribution in [0, 0.1) is 6.92 Å². The van der Waals surface area contributed by atoms with E-state index in [2.05, 4.69) is 5.32 Å². The van der Waals surface area contributed by atoms with Crippen molar-refractivity contribution in [2.24, 2.45) is 0 Å². The molecule has 0 aliphatic carbocycles. The minimum atomic E-state index is -1.54. The maximum atomic E-state index is 12.4. The molecular formula is C13H16FNO4. The molecule has 0 heterocycles. The molecule has 2 atom stereocenters. The van der Waals surface area contributed by atoms with Crippen molar-refractivity contribution in [2.45, 2.75) is 26.0 Å². The summed E-state index contributed by atoms with van der Waals surface area (Å²) in [5, 5.41) is 10.7. The molecule has 0 aromatic heterocycles. The van der Waals surface area contributed by atoms with Gasteiger partial charge in [0.05, 0.1) is 0 Å². The summed E-state index contributed by atoms with van der Waals surface area (Å²) in [6.07, 6.45) is -0.906. The van der Waals surface area contributed by atoms with Gasteiger partial charge >= 0.3 is 5.97 Å². The van der Waals surface area contributed by atoms with Crippen LogP contribution in [0.1, 0.15) is 12.5 Å². The molecule has 0 fully saturated rings. The molecule has 104 valence electrons. The zero-order chi connectivity index (χ0) is 14.4. The van der Waals surface area contributed by atoms with Gasteiger partial charge in [-0.1, -0.05) is 17.7 Å². The van der Waals surface area contributed by atoms with E-state index in [-0.39, 0.29) is 0 Å². The number of hydrogen-bond acceptors (Lipinski definition) is 3. The zero-order valence-corrected chi connectivity index (χ0v) is 10.7. The molecule has 1 amide bonds. The Labute approximate surface area is 110 Å². The van der Waals surface area contributed by atoms with Gasteiger partial charge in [0, 0.05) is 0 Å². The summed E-state index contributed by atoms with van der Waals surface area (Å²) in [7, 11) is 0. The largest absolute Gasteiger partial charge is 0.481 e. The van der Waals surface area contributed by atoms with Crippen molar-refractivity contribution in [3.05, 3.63) is 29.8 Å². The van der Waals surface area contributed by atoms with Crippen LogP contribution in [-0.2, 0) is 9.59 Å². The minimum Gasteiger partial charge on any atom is -0.481 e. The molecule has 0 aliphatic heterocycles. The summed E-state index contributed by atoms with van der Waals surface area (Å²) in [6, 6.07) is 5.49. The molecule has 1 aromatic carbocycles. The average molecular weight is 269 g/mol. The minimum absolute atomic E-state index is 0.486. The van der Waals surface area contributed by atoms with Gasteiger partial charge in [-0.05, 0) is 26.0 Å². The number of nitrogens with one attached hydrogen (secondary N) is 1. The fraction of sp³-hybridized carbons (Fsp3) is 0.385. The van der Waals surface area contributed by atoms with E-state index in [1.54, 1.807) is 12.1 Å². The van der Waals surface area contributed by atoms with Crippen LogP contribution in [0.2, 0.25) is 0 Å². The number of carboxylic acids is 1.